The van der Waals surface area contributed by atoms with Crippen LogP contribution in [0, 0.1) is 5.41 Å². The van der Waals surface area contributed by atoms with E-state index in [9.17, 15) is 9.90 Å². The van der Waals surface area contributed by atoms with E-state index in [0.29, 0.717) is 6.54 Å². The zero-order valence-electron chi connectivity index (χ0n) is 10.6. The number of aliphatic hydroxyl groups is 1. The second kappa shape index (κ2) is 5.71. The molecule has 0 bridgehead atoms. The van der Waals surface area contributed by atoms with Crippen LogP contribution >= 0.6 is 0 Å². The van der Waals surface area contributed by atoms with Crippen LogP contribution in [0.4, 0.5) is 4.79 Å². The fourth-order valence-corrected chi connectivity index (χ4v) is 2.99. The summed E-state index contributed by atoms with van der Waals surface area (Å²) in [4.78, 5) is 13.9. The molecule has 2 amide bonds. The van der Waals surface area contributed by atoms with E-state index in [2.05, 4.69) is 5.32 Å². The maximum atomic E-state index is 11.9. The summed E-state index contributed by atoms with van der Waals surface area (Å²) in [6, 6.07) is 0.0597. The van der Waals surface area contributed by atoms with E-state index < -0.39 is 0 Å². The zero-order valence-corrected chi connectivity index (χ0v) is 10.6. The van der Waals surface area contributed by atoms with Crippen LogP contribution in [0.25, 0.3) is 0 Å². The van der Waals surface area contributed by atoms with Gasteiger partial charge in [0.15, 0.2) is 0 Å². The minimum Gasteiger partial charge on any atom is -0.396 e. The molecule has 1 aliphatic heterocycles. The lowest BCUT2D eigenvalue weighted by Crippen LogP contribution is -2.47. The Labute approximate surface area is 103 Å². The van der Waals surface area contributed by atoms with E-state index in [1.54, 1.807) is 0 Å². The molecule has 1 heterocycles. The summed E-state index contributed by atoms with van der Waals surface area (Å²) in [5.74, 6) is 0. The van der Waals surface area contributed by atoms with E-state index in [0.717, 1.165) is 38.8 Å². The summed E-state index contributed by atoms with van der Waals surface area (Å²) in [7, 11) is 0. The van der Waals surface area contributed by atoms with Crippen molar-refractivity contribution < 1.29 is 9.90 Å². The molecule has 0 aromatic carbocycles. The molecule has 0 atom stereocenters. The minimum atomic E-state index is -0.0363. The van der Waals surface area contributed by atoms with Gasteiger partial charge in [-0.05, 0) is 32.1 Å². The number of nitrogens with zero attached hydrogens (tertiary/aromatic N) is 1. The Hall–Kier alpha value is -0.770. The van der Waals surface area contributed by atoms with Crippen molar-refractivity contribution in [1.29, 1.82) is 0 Å². The van der Waals surface area contributed by atoms with Crippen molar-refractivity contribution in [2.75, 3.05) is 26.2 Å². The third kappa shape index (κ3) is 3.12. The number of carbonyl (C=O) groups excluding carboxylic acids is 1. The van der Waals surface area contributed by atoms with Gasteiger partial charge in [0.05, 0.1) is 6.61 Å². The molecule has 1 saturated carbocycles. The topological polar surface area (TPSA) is 52.6 Å². The van der Waals surface area contributed by atoms with Crippen LogP contribution in [-0.2, 0) is 0 Å². The lowest BCUT2D eigenvalue weighted by atomic mass is 9.87. The van der Waals surface area contributed by atoms with Crippen LogP contribution in [0.5, 0.6) is 0 Å². The van der Waals surface area contributed by atoms with Gasteiger partial charge in [0.2, 0.25) is 0 Å². The number of piperidine rings is 1. The Morgan fingerprint density at radius 1 is 1.12 bits per heavy atom. The molecule has 0 aromatic heterocycles. The van der Waals surface area contributed by atoms with Crippen molar-refractivity contribution in [3.63, 3.8) is 0 Å². The number of aliphatic hydroxyl groups excluding tert-OH is 1. The number of carbonyl (C=O) groups is 1. The Kier molecular flexibility index (Phi) is 4.26. The molecule has 0 aromatic rings. The zero-order chi connectivity index (χ0) is 12.1. The largest absolute Gasteiger partial charge is 0.396 e. The van der Waals surface area contributed by atoms with Gasteiger partial charge in [-0.3, -0.25) is 0 Å². The SMILES string of the molecule is O=C(NCC1(CO)CCCC1)N1CCCCC1. The molecule has 2 fully saturated rings. The van der Waals surface area contributed by atoms with Gasteiger partial charge in [-0.1, -0.05) is 12.8 Å². The van der Waals surface area contributed by atoms with Crippen molar-refractivity contribution in [3.8, 4) is 0 Å². The molecule has 98 valence electrons. The average Bonchev–Trinajstić information content (AvgIpc) is 2.86. The molecule has 2 N–H and O–H groups in total. The molecule has 0 radical (unpaired) electrons. The third-order valence-electron chi connectivity index (χ3n) is 4.26. The molecule has 1 aliphatic carbocycles. The van der Waals surface area contributed by atoms with Gasteiger partial charge in [-0.2, -0.15) is 0 Å². The highest BCUT2D eigenvalue weighted by molar-refractivity contribution is 5.74. The maximum Gasteiger partial charge on any atom is 0.317 e. The summed E-state index contributed by atoms with van der Waals surface area (Å²) >= 11 is 0. The first kappa shape index (κ1) is 12.7. The predicted octanol–water partition coefficient (Wildman–Crippen LogP) is 1.73. The lowest BCUT2D eigenvalue weighted by Gasteiger charge is -2.31. The van der Waals surface area contributed by atoms with E-state index >= 15 is 0 Å². The van der Waals surface area contributed by atoms with Gasteiger partial charge in [-0.25, -0.2) is 4.79 Å². The number of rotatable bonds is 3. The summed E-state index contributed by atoms with van der Waals surface area (Å²) in [6.45, 7) is 2.61. The highest BCUT2D eigenvalue weighted by atomic mass is 16.3. The molecule has 0 spiro atoms. The van der Waals surface area contributed by atoms with Crippen LogP contribution in [0.1, 0.15) is 44.9 Å². The molecule has 2 rings (SSSR count). The standard InChI is InChI=1S/C13H24N2O2/c16-11-13(6-2-3-7-13)10-14-12(17)15-8-4-1-5-9-15/h16H,1-11H2,(H,14,17). The molecule has 4 nitrogen and oxygen atoms in total. The first-order valence-electron chi connectivity index (χ1n) is 6.89. The Bertz CT molecular complexity index is 256. The number of hydrogen-bond donors (Lipinski definition) is 2. The van der Waals surface area contributed by atoms with Crippen molar-refractivity contribution in [2.24, 2.45) is 5.41 Å². The van der Waals surface area contributed by atoms with Crippen LogP contribution in [0.15, 0.2) is 0 Å². The molecular weight excluding hydrogens is 216 g/mol. The van der Waals surface area contributed by atoms with E-state index in [1.165, 1.54) is 19.3 Å². The van der Waals surface area contributed by atoms with E-state index in [-0.39, 0.29) is 18.1 Å². The maximum absolute atomic E-state index is 11.9. The Balaban J connectivity index is 1.78. The van der Waals surface area contributed by atoms with Gasteiger partial charge < -0.3 is 15.3 Å². The van der Waals surface area contributed by atoms with Crippen LogP contribution < -0.4 is 5.32 Å². The van der Waals surface area contributed by atoms with Gasteiger partial charge in [0.25, 0.3) is 0 Å². The van der Waals surface area contributed by atoms with Crippen molar-refractivity contribution in [2.45, 2.75) is 44.9 Å². The number of hydrogen-bond acceptors (Lipinski definition) is 2. The second-order valence-corrected chi connectivity index (χ2v) is 5.57. The summed E-state index contributed by atoms with van der Waals surface area (Å²) in [5.41, 5.74) is -0.0363. The Morgan fingerprint density at radius 3 is 2.35 bits per heavy atom. The van der Waals surface area contributed by atoms with E-state index in [1.807, 2.05) is 4.90 Å². The molecule has 1 saturated heterocycles. The first-order chi connectivity index (χ1) is 8.26. The highest BCUT2D eigenvalue weighted by Crippen LogP contribution is 2.36. The Morgan fingerprint density at radius 2 is 1.76 bits per heavy atom. The lowest BCUT2D eigenvalue weighted by molar-refractivity contribution is 0.124. The number of urea groups is 1. The third-order valence-corrected chi connectivity index (χ3v) is 4.26. The van der Waals surface area contributed by atoms with Gasteiger partial charge in [0.1, 0.15) is 0 Å². The van der Waals surface area contributed by atoms with Crippen LogP contribution in [-0.4, -0.2) is 42.3 Å². The number of nitrogens with one attached hydrogen (secondary N) is 1. The molecule has 2 aliphatic rings. The normalized spacial score (nSPS) is 23.7. The number of amides is 2. The quantitative estimate of drug-likeness (QED) is 0.789. The summed E-state index contributed by atoms with van der Waals surface area (Å²) in [6.07, 6.45) is 7.94. The molecule has 17 heavy (non-hydrogen) atoms. The minimum absolute atomic E-state index is 0.0363. The van der Waals surface area contributed by atoms with Crippen molar-refractivity contribution >= 4 is 6.03 Å². The fourth-order valence-electron chi connectivity index (χ4n) is 2.99. The molecular formula is C13H24N2O2. The molecule has 4 heteroatoms. The highest BCUT2D eigenvalue weighted by Gasteiger charge is 2.33. The smallest absolute Gasteiger partial charge is 0.317 e. The van der Waals surface area contributed by atoms with Gasteiger partial charge >= 0.3 is 6.03 Å². The van der Waals surface area contributed by atoms with E-state index in [4.69, 9.17) is 0 Å². The van der Waals surface area contributed by atoms with Crippen LogP contribution in [0.2, 0.25) is 0 Å². The number of likely N-dealkylation sites (tertiary alicyclic amines) is 1. The molecule has 0 unspecified atom stereocenters. The first-order valence-corrected chi connectivity index (χ1v) is 6.89. The van der Waals surface area contributed by atoms with Gasteiger partial charge in [0, 0.05) is 25.0 Å². The predicted molar refractivity (Wildman–Crippen MR) is 66.8 cm³/mol. The van der Waals surface area contributed by atoms with Gasteiger partial charge in [-0.15, -0.1) is 0 Å². The monoisotopic (exact) mass is 240 g/mol. The summed E-state index contributed by atoms with van der Waals surface area (Å²) in [5, 5.41) is 12.5. The van der Waals surface area contributed by atoms with Crippen molar-refractivity contribution in [1.82, 2.24) is 10.2 Å². The van der Waals surface area contributed by atoms with Crippen LogP contribution in [0.3, 0.4) is 0 Å². The average molecular weight is 240 g/mol. The van der Waals surface area contributed by atoms with Crippen molar-refractivity contribution in [3.05, 3.63) is 0 Å². The second-order valence-electron chi connectivity index (χ2n) is 5.57. The fraction of sp³-hybridized carbons (Fsp3) is 0.923. The summed E-state index contributed by atoms with van der Waals surface area (Å²) < 4.78 is 0.